The molecule has 2 atom stereocenters. The van der Waals surface area contributed by atoms with Crippen LogP contribution in [-0.2, 0) is 40.0 Å². The molecule has 0 saturated heterocycles. The number of aliphatic hydroxyl groups is 1. The molecule has 70 heavy (non-hydrogen) atoms. The quantitative estimate of drug-likeness (QED) is 0.0694. The normalized spacial score (nSPS) is 11.5. The number of ether oxygens (including phenoxy) is 1. The number of carbonyl (C=O) groups excluding carboxylic acids is 3. The first-order valence-electron chi connectivity index (χ1n) is 23.4. The summed E-state index contributed by atoms with van der Waals surface area (Å²) < 4.78 is 5.78. The van der Waals surface area contributed by atoms with Crippen molar-refractivity contribution in [3.05, 3.63) is 195 Å². The van der Waals surface area contributed by atoms with Crippen LogP contribution < -0.4 is 5.32 Å². The van der Waals surface area contributed by atoms with E-state index < -0.39 is 6.09 Å². The van der Waals surface area contributed by atoms with Gasteiger partial charge in [0.05, 0.1) is 23.2 Å². The third-order valence-corrected chi connectivity index (χ3v) is 12.1. The monoisotopic (exact) mass is 978 g/mol. The summed E-state index contributed by atoms with van der Waals surface area (Å²) in [7, 11) is 0. The molecule has 6 aromatic carbocycles. The first-order valence-corrected chi connectivity index (χ1v) is 24.2. The van der Waals surface area contributed by atoms with Gasteiger partial charge in [0.15, 0.2) is 0 Å². The van der Waals surface area contributed by atoms with Crippen LogP contribution in [0.25, 0.3) is 0 Å². The highest BCUT2D eigenvalue weighted by Crippen LogP contribution is 2.28. The van der Waals surface area contributed by atoms with E-state index in [1.54, 1.807) is 24.3 Å². The van der Waals surface area contributed by atoms with Gasteiger partial charge in [0, 0.05) is 22.2 Å². The molecule has 0 radical (unpaired) electrons. The van der Waals surface area contributed by atoms with E-state index in [1.165, 1.54) is 23.3 Å². The number of benzene rings is 6. The fourth-order valence-corrected chi connectivity index (χ4v) is 8.02. The summed E-state index contributed by atoms with van der Waals surface area (Å²) in [5.74, 6) is 3.79. The number of aliphatic imine (C=N–C) groups is 3. The van der Waals surface area contributed by atoms with Crippen molar-refractivity contribution in [3.8, 4) is 0 Å². The van der Waals surface area contributed by atoms with Gasteiger partial charge in [-0.25, -0.2) is 19.4 Å². The first kappa shape index (κ1) is 55.9. The smallest absolute Gasteiger partial charge is 0.411 e. The number of halogens is 2. The first-order chi connectivity index (χ1) is 33.5. The third-order valence-electron chi connectivity index (χ3n) is 11.4. The molecule has 9 nitrogen and oxygen atoms in total. The predicted octanol–water partition coefficient (Wildman–Crippen LogP) is 15.6. The standard InChI is InChI=1S/C30H33ClN2O2.C15H10N2O2.C14H21ClO/c1-6-32-25-12-7-22(8-13-25)17-23-9-14-26(15-10-23)33-30(34)35-29(21(4)5)19-24-11-16-27(20(2)3)28(31)18-24;18-10-16-14-5-1-12(2-6-14)9-13-3-7-15(8-4-13)17-11-19;1-9(2)12-6-5-11(7-13(12)15)8-14(16)10(3)4/h7-16,18,20-21,29H,1,17,19H2,2-5H3,(H,33,34);1-8H,9H2;5-7,9-10,14,16H,8H2,1-4H3. The molecule has 0 aromatic heterocycles. The van der Waals surface area contributed by atoms with Crippen LogP contribution in [0.4, 0.5) is 27.5 Å². The fourth-order valence-electron chi connectivity index (χ4n) is 7.18. The zero-order chi connectivity index (χ0) is 51.2. The molecule has 0 heterocycles. The Morgan fingerprint density at radius 1 is 0.557 bits per heavy atom. The van der Waals surface area contributed by atoms with E-state index in [1.807, 2.05) is 113 Å². The SMILES string of the molecule is C=C=Nc1ccc(Cc2ccc(NC(=O)OC(Cc3ccc(C(C)C)c(Cl)c3)C(C)C)cc2)cc1.CC(C)c1ccc(CC(O)C(C)C)cc1Cl.O=C=Nc1ccc(Cc2ccc(N=C=O)cc2)cc1. The van der Waals surface area contributed by atoms with Crippen molar-refractivity contribution in [1.82, 2.24) is 0 Å². The second-order valence-electron chi connectivity index (χ2n) is 18.3. The summed E-state index contributed by atoms with van der Waals surface area (Å²) in [6.45, 7) is 20.1. The minimum atomic E-state index is -0.459. The van der Waals surface area contributed by atoms with Crippen LogP contribution in [0.5, 0.6) is 0 Å². The largest absolute Gasteiger partial charge is 0.445 e. The van der Waals surface area contributed by atoms with Gasteiger partial charge in [-0.2, -0.15) is 9.98 Å². The molecular formula is C59H64Cl2N4O5. The molecule has 0 saturated carbocycles. The maximum absolute atomic E-state index is 12.6. The van der Waals surface area contributed by atoms with Crippen LogP contribution in [0.2, 0.25) is 10.0 Å². The summed E-state index contributed by atoms with van der Waals surface area (Å²) in [5.41, 5.74) is 11.7. The average Bonchev–Trinajstić information content (AvgIpc) is 3.32. The van der Waals surface area contributed by atoms with Crippen LogP contribution in [0.1, 0.15) is 112 Å². The number of amides is 1. The van der Waals surface area contributed by atoms with Crippen molar-refractivity contribution in [2.75, 3.05) is 5.32 Å². The number of carbonyl (C=O) groups is 1. The molecule has 2 unspecified atom stereocenters. The van der Waals surface area contributed by atoms with E-state index in [2.05, 4.69) is 84.7 Å². The Bertz CT molecular complexity index is 2680. The Labute approximate surface area is 424 Å². The van der Waals surface area contributed by atoms with E-state index in [4.69, 9.17) is 27.9 Å². The molecule has 0 aliphatic rings. The summed E-state index contributed by atoms with van der Waals surface area (Å²) in [6.07, 6.45) is 4.83. The molecule has 6 aromatic rings. The van der Waals surface area contributed by atoms with E-state index in [0.717, 1.165) is 62.0 Å². The molecule has 2 N–H and O–H groups in total. The lowest BCUT2D eigenvalue weighted by molar-refractivity contribution is 0.0824. The fraction of sp³-hybridized carbons (Fsp3) is 0.305. The number of rotatable bonds is 17. The number of nitrogens with zero attached hydrogens (tertiary/aromatic N) is 3. The Balaban J connectivity index is 0.000000255. The second kappa shape index (κ2) is 28.7. The number of aliphatic hydroxyl groups excluding tert-OH is 1. The summed E-state index contributed by atoms with van der Waals surface area (Å²) in [4.78, 5) is 43.9. The third kappa shape index (κ3) is 19.0. The van der Waals surface area contributed by atoms with E-state index >= 15 is 0 Å². The lowest BCUT2D eigenvalue weighted by Gasteiger charge is -2.22. The summed E-state index contributed by atoms with van der Waals surface area (Å²) in [6, 6.07) is 42.7. The molecule has 6 rings (SSSR count). The van der Waals surface area contributed by atoms with Gasteiger partial charge in [-0.3, -0.25) is 5.32 Å². The van der Waals surface area contributed by atoms with E-state index in [-0.39, 0.29) is 24.0 Å². The van der Waals surface area contributed by atoms with Crippen molar-refractivity contribution in [2.24, 2.45) is 26.8 Å². The van der Waals surface area contributed by atoms with Gasteiger partial charge in [-0.15, -0.1) is 0 Å². The van der Waals surface area contributed by atoms with Crippen molar-refractivity contribution in [1.29, 1.82) is 0 Å². The Morgan fingerprint density at radius 2 is 0.929 bits per heavy atom. The highest BCUT2D eigenvalue weighted by atomic mass is 35.5. The molecule has 0 fully saturated rings. The van der Waals surface area contributed by atoms with Gasteiger partial charge < -0.3 is 9.84 Å². The van der Waals surface area contributed by atoms with Crippen LogP contribution in [0, 0.1) is 11.8 Å². The Kier molecular flexibility index (Phi) is 23.0. The minimum absolute atomic E-state index is 0.162. The Morgan fingerprint density at radius 3 is 1.27 bits per heavy atom. The number of anilines is 1. The van der Waals surface area contributed by atoms with Crippen LogP contribution in [0.3, 0.4) is 0 Å². The lowest BCUT2D eigenvalue weighted by Crippen LogP contribution is -2.28. The van der Waals surface area contributed by atoms with Gasteiger partial charge in [0.1, 0.15) is 6.10 Å². The van der Waals surface area contributed by atoms with Gasteiger partial charge in [-0.1, -0.05) is 151 Å². The van der Waals surface area contributed by atoms with Gasteiger partial charge in [0.2, 0.25) is 12.2 Å². The van der Waals surface area contributed by atoms with Crippen LogP contribution in [0.15, 0.2) is 155 Å². The molecule has 0 aliphatic heterocycles. The van der Waals surface area contributed by atoms with Gasteiger partial charge in [-0.05, 0) is 161 Å². The molecule has 0 bridgehead atoms. The van der Waals surface area contributed by atoms with E-state index in [0.29, 0.717) is 41.7 Å². The Hall–Kier alpha value is -6.66. The molecule has 11 heteroatoms. The van der Waals surface area contributed by atoms with Gasteiger partial charge in [0.25, 0.3) is 0 Å². The molecule has 364 valence electrons. The van der Waals surface area contributed by atoms with Crippen molar-refractivity contribution in [3.63, 3.8) is 0 Å². The minimum Gasteiger partial charge on any atom is -0.445 e. The highest BCUT2D eigenvalue weighted by molar-refractivity contribution is 6.31. The average molecular weight is 980 g/mol. The zero-order valence-electron chi connectivity index (χ0n) is 41.4. The number of isocyanates is 2. The topological polar surface area (TPSA) is 130 Å². The van der Waals surface area contributed by atoms with Crippen molar-refractivity contribution >= 4 is 70.1 Å². The zero-order valence-corrected chi connectivity index (χ0v) is 42.9. The molecular weight excluding hydrogens is 916 g/mol. The van der Waals surface area contributed by atoms with Crippen molar-refractivity contribution in [2.45, 2.75) is 105 Å². The predicted molar refractivity (Wildman–Crippen MR) is 288 cm³/mol. The summed E-state index contributed by atoms with van der Waals surface area (Å²) >= 11 is 12.7. The second-order valence-corrected chi connectivity index (χ2v) is 19.1. The number of hydrogen-bond donors (Lipinski definition) is 2. The highest BCUT2D eigenvalue weighted by Gasteiger charge is 2.20. The van der Waals surface area contributed by atoms with Crippen LogP contribution in [-0.4, -0.2) is 41.4 Å². The maximum Gasteiger partial charge on any atom is 0.411 e. The lowest BCUT2D eigenvalue weighted by atomic mass is 9.96. The molecule has 1 amide bonds. The maximum atomic E-state index is 12.6. The number of hydrogen-bond acceptors (Lipinski definition) is 8. The van der Waals surface area contributed by atoms with E-state index in [9.17, 15) is 19.5 Å². The molecule has 0 spiro atoms. The number of nitrogens with one attached hydrogen (secondary N) is 1. The van der Waals surface area contributed by atoms with Crippen molar-refractivity contribution < 1.29 is 24.2 Å². The molecule has 0 aliphatic carbocycles. The van der Waals surface area contributed by atoms with Gasteiger partial charge >= 0.3 is 6.09 Å². The van der Waals surface area contributed by atoms with Crippen LogP contribution >= 0.6 is 23.2 Å². The summed E-state index contributed by atoms with van der Waals surface area (Å²) in [5, 5.41) is 14.2.